The molecule has 3 aromatic rings. The first-order valence-electron chi connectivity index (χ1n) is 11.9. The van der Waals surface area contributed by atoms with E-state index in [0.29, 0.717) is 12.6 Å². The lowest BCUT2D eigenvalue weighted by Crippen LogP contribution is -2.31. The zero-order valence-corrected chi connectivity index (χ0v) is 20.4. The van der Waals surface area contributed by atoms with Crippen molar-refractivity contribution in [3.05, 3.63) is 77.9 Å². The molecule has 2 aliphatic rings. The summed E-state index contributed by atoms with van der Waals surface area (Å²) in [6, 6.07) is 21.2. The highest BCUT2D eigenvalue weighted by molar-refractivity contribution is 7.99. The number of phenolic OH excluding ortho intramolecular Hbond substituents is 2. The van der Waals surface area contributed by atoms with Gasteiger partial charge in [-0.1, -0.05) is 31.2 Å². The fourth-order valence-electron chi connectivity index (χ4n) is 5.00. The highest BCUT2D eigenvalue weighted by Crippen LogP contribution is 2.54. The largest absolute Gasteiger partial charge is 0.508 e. The molecule has 178 valence electrons. The van der Waals surface area contributed by atoms with E-state index in [0.717, 1.165) is 46.5 Å². The summed E-state index contributed by atoms with van der Waals surface area (Å²) in [4.78, 5) is 3.39. The number of ether oxygens (including phenoxy) is 2. The van der Waals surface area contributed by atoms with Crippen LogP contribution in [0, 0.1) is 5.92 Å². The maximum Gasteiger partial charge on any atom is 0.140 e. The van der Waals surface area contributed by atoms with Crippen LogP contribution in [0.2, 0.25) is 0 Å². The Kier molecular flexibility index (Phi) is 6.61. The van der Waals surface area contributed by atoms with Crippen LogP contribution in [0.1, 0.15) is 42.7 Å². The number of nitrogens with zero attached hydrogens (tertiary/aromatic N) is 1. The van der Waals surface area contributed by atoms with Crippen LogP contribution < -0.4 is 9.47 Å². The van der Waals surface area contributed by atoms with Gasteiger partial charge >= 0.3 is 0 Å². The highest BCUT2D eigenvalue weighted by Gasteiger charge is 2.34. The Labute approximate surface area is 205 Å². The summed E-state index contributed by atoms with van der Waals surface area (Å²) < 4.78 is 12.5. The Morgan fingerprint density at radius 1 is 0.971 bits per heavy atom. The minimum absolute atomic E-state index is 0.0770. The van der Waals surface area contributed by atoms with Crippen molar-refractivity contribution in [1.29, 1.82) is 0 Å². The van der Waals surface area contributed by atoms with Crippen LogP contribution >= 0.6 is 11.8 Å². The first-order valence-corrected chi connectivity index (χ1v) is 12.8. The van der Waals surface area contributed by atoms with Gasteiger partial charge in [-0.2, -0.15) is 0 Å². The molecular formula is C28H31NO4S. The predicted octanol–water partition coefficient (Wildman–Crippen LogP) is 6.17. The van der Waals surface area contributed by atoms with Crippen molar-refractivity contribution in [3.63, 3.8) is 0 Å². The van der Waals surface area contributed by atoms with Crippen LogP contribution in [0.3, 0.4) is 0 Å². The minimum Gasteiger partial charge on any atom is -0.508 e. The van der Waals surface area contributed by atoms with Crippen molar-refractivity contribution in [2.75, 3.05) is 19.7 Å². The van der Waals surface area contributed by atoms with E-state index >= 15 is 0 Å². The molecule has 0 aromatic heterocycles. The molecule has 3 aromatic carbocycles. The molecule has 2 heterocycles. The van der Waals surface area contributed by atoms with E-state index in [4.69, 9.17) is 9.47 Å². The standard InChI is InChI=1S/C28H31NO4S/c1-18-14-19(2)29(17-18)12-13-32-24-9-6-20(7-10-24)27-28(21-4-3-5-22(30)15-21)34-26-16-23(31)8-11-25(26)33-27/h3-11,15-16,18-19,27-28,30-31H,12-14,17H2,1-2H3/t18-,19+,27-,28+/m0/s1. The number of likely N-dealkylation sites (tertiary alicyclic amines) is 1. The van der Waals surface area contributed by atoms with Crippen molar-refractivity contribution in [2.24, 2.45) is 5.92 Å². The second kappa shape index (κ2) is 9.80. The fourth-order valence-corrected chi connectivity index (χ4v) is 6.32. The molecule has 6 heteroatoms. The summed E-state index contributed by atoms with van der Waals surface area (Å²) in [5.74, 6) is 2.80. The van der Waals surface area contributed by atoms with Gasteiger partial charge in [-0.15, -0.1) is 11.8 Å². The Bertz CT molecular complexity index is 1140. The van der Waals surface area contributed by atoms with Gasteiger partial charge in [0, 0.05) is 19.1 Å². The molecule has 4 atom stereocenters. The molecule has 34 heavy (non-hydrogen) atoms. The maximum absolute atomic E-state index is 10.1. The quantitative estimate of drug-likeness (QED) is 0.442. The van der Waals surface area contributed by atoms with Gasteiger partial charge in [0.05, 0.1) is 10.1 Å². The summed E-state index contributed by atoms with van der Waals surface area (Å²) in [6.07, 6.45) is 1.02. The lowest BCUT2D eigenvalue weighted by atomic mass is 10.00. The molecule has 0 saturated carbocycles. The highest BCUT2D eigenvalue weighted by atomic mass is 32.2. The zero-order chi connectivity index (χ0) is 23.7. The molecule has 0 aliphatic carbocycles. The van der Waals surface area contributed by atoms with Crippen LogP contribution in [0.5, 0.6) is 23.0 Å². The normalized spacial score (nSPS) is 24.4. The molecule has 1 fully saturated rings. The SMILES string of the molecule is C[C@H]1C[C@@H](C)N(CCOc2ccc([C@@H]3Oc4ccc(O)cc4S[C@@H]3c3cccc(O)c3)cc2)C1. The minimum atomic E-state index is -0.246. The molecule has 2 aliphatic heterocycles. The molecule has 5 nitrogen and oxygen atoms in total. The summed E-state index contributed by atoms with van der Waals surface area (Å²) in [5, 5.41) is 19.9. The van der Waals surface area contributed by atoms with E-state index in [1.807, 2.05) is 24.3 Å². The monoisotopic (exact) mass is 477 g/mol. The Balaban J connectivity index is 1.32. The second-order valence-electron chi connectivity index (χ2n) is 9.41. The van der Waals surface area contributed by atoms with Gasteiger partial charge in [0.25, 0.3) is 0 Å². The molecule has 5 rings (SSSR count). The average molecular weight is 478 g/mol. The van der Waals surface area contributed by atoms with Crippen molar-refractivity contribution >= 4 is 11.8 Å². The van der Waals surface area contributed by atoms with E-state index in [2.05, 4.69) is 30.9 Å². The average Bonchev–Trinajstić information content (AvgIpc) is 3.15. The lowest BCUT2D eigenvalue weighted by molar-refractivity contribution is 0.190. The first kappa shape index (κ1) is 22.9. The number of hydrogen-bond acceptors (Lipinski definition) is 6. The van der Waals surface area contributed by atoms with Crippen LogP contribution in [-0.4, -0.2) is 40.9 Å². The predicted molar refractivity (Wildman–Crippen MR) is 135 cm³/mol. The Hall–Kier alpha value is -2.83. The number of rotatable bonds is 6. The maximum atomic E-state index is 10.1. The Morgan fingerprint density at radius 3 is 2.50 bits per heavy atom. The van der Waals surface area contributed by atoms with Crippen LogP contribution in [0.4, 0.5) is 0 Å². The molecule has 0 unspecified atom stereocenters. The van der Waals surface area contributed by atoms with Crippen molar-refractivity contribution < 1.29 is 19.7 Å². The fraction of sp³-hybridized carbons (Fsp3) is 0.357. The van der Waals surface area contributed by atoms with Gasteiger partial charge in [0.1, 0.15) is 35.7 Å². The van der Waals surface area contributed by atoms with Crippen molar-refractivity contribution in [2.45, 2.75) is 42.6 Å². The number of benzene rings is 3. The van der Waals surface area contributed by atoms with Gasteiger partial charge in [0.2, 0.25) is 0 Å². The summed E-state index contributed by atoms with van der Waals surface area (Å²) in [7, 11) is 0. The van der Waals surface area contributed by atoms with Crippen LogP contribution in [-0.2, 0) is 0 Å². The van der Waals surface area contributed by atoms with Gasteiger partial charge in [-0.25, -0.2) is 0 Å². The van der Waals surface area contributed by atoms with E-state index in [1.54, 1.807) is 42.1 Å². The topological polar surface area (TPSA) is 62.2 Å². The smallest absolute Gasteiger partial charge is 0.140 e. The van der Waals surface area contributed by atoms with Crippen LogP contribution in [0.25, 0.3) is 0 Å². The first-order chi connectivity index (χ1) is 16.5. The van der Waals surface area contributed by atoms with Crippen molar-refractivity contribution in [1.82, 2.24) is 4.90 Å². The van der Waals surface area contributed by atoms with E-state index in [1.165, 1.54) is 6.42 Å². The van der Waals surface area contributed by atoms with Crippen LogP contribution in [0.15, 0.2) is 71.6 Å². The number of aromatic hydroxyl groups is 2. The third kappa shape index (κ3) is 4.98. The number of hydrogen-bond donors (Lipinski definition) is 2. The Morgan fingerprint density at radius 2 is 1.76 bits per heavy atom. The molecular weight excluding hydrogens is 446 g/mol. The summed E-state index contributed by atoms with van der Waals surface area (Å²) >= 11 is 1.64. The molecule has 0 radical (unpaired) electrons. The van der Waals surface area contributed by atoms with Gasteiger partial charge in [-0.05, 0) is 72.9 Å². The molecule has 2 N–H and O–H groups in total. The third-order valence-corrected chi connectivity index (χ3v) is 8.02. The second-order valence-corrected chi connectivity index (χ2v) is 10.6. The van der Waals surface area contributed by atoms with E-state index in [-0.39, 0.29) is 22.9 Å². The van der Waals surface area contributed by atoms with Gasteiger partial charge in [-0.3, -0.25) is 4.90 Å². The lowest BCUT2D eigenvalue weighted by Gasteiger charge is -2.34. The third-order valence-electron chi connectivity index (χ3n) is 6.68. The number of phenols is 2. The van der Waals surface area contributed by atoms with Gasteiger partial charge in [0.15, 0.2) is 0 Å². The van der Waals surface area contributed by atoms with E-state index in [9.17, 15) is 10.2 Å². The number of fused-ring (bicyclic) bond motifs is 1. The molecule has 0 amide bonds. The van der Waals surface area contributed by atoms with E-state index < -0.39 is 0 Å². The van der Waals surface area contributed by atoms with Gasteiger partial charge < -0.3 is 19.7 Å². The van der Waals surface area contributed by atoms with Crippen molar-refractivity contribution in [3.8, 4) is 23.0 Å². The summed E-state index contributed by atoms with van der Waals surface area (Å²) in [6.45, 7) is 7.37. The summed E-state index contributed by atoms with van der Waals surface area (Å²) in [5.41, 5.74) is 2.01. The molecule has 1 saturated heterocycles. The number of thioether (sulfide) groups is 1. The molecule has 0 bridgehead atoms. The zero-order valence-electron chi connectivity index (χ0n) is 19.6. The molecule has 0 spiro atoms.